The average Bonchev–Trinajstić information content (AvgIpc) is 3.61. The van der Waals surface area contributed by atoms with E-state index >= 15 is 0 Å². The number of methoxy groups -OCH3 is 1. The van der Waals surface area contributed by atoms with Crippen LogP contribution in [0.2, 0.25) is 0 Å². The first-order chi connectivity index (χ1) is 20.7. The number of amides is 1. The van der Waals surface area contributed by atoms with Gasteiger partial charge in [-0.2, -0.15) is 4.31 Å². The van der Waals surface area contributed by atoms with Crippen LogP contribution < -0.4 is 5.32 Å². The van der Waals surface area contributed by atoms with Gasteiger partial charge in [0.1, 0.15) is 10.0 Å². The van der Waals surface area contributed by atoms with Gasteiger partial charge in [0.25, 0.3) is 5.91 Å². The van der Waals surface area contributed by atoms with Gasteiger partial charge in [0.05, 0.1) is 28.1 Å². The summed E-state index contributed by atoms with van der Waals surface area (Å²) in [5.41, 5.74) is 3.54. The minimum Gasteiger partial charge on any atom is -0.469 e. The molecule has 1 amide bonds. The molecule has 4 aromatic rings. The number of thiophene rings is 1. The van der Waals surface area contributed by atoms with Gasteiger partial charge in [-0.05, 0) is 75.1 Å². The minimum absolute atomic E-state index is 0.121. The second kappa shape index (κ2) is 12.1. The van der Waals surface area contributed by atoms with E-state index in [1.165, 1.54) is 34.0 Å². The number of para-hydroxylation sites is 1. The first-order valence-electron chi connectivity index (χ1n) is 14.4. The number of esters is 1. The Morgan fingerprint density at radius 3 is 2.42 bits per heavy atom. The second-order valence-corrected chi connectivity index (χ2v) is 15.3. The van der Waals surface area contributed by atoms with Crippen molar-refractivity contribution < 1.29 is 22.7 Å². The highest BCUT2D eigenvalue weighted by Gasteiger charge is 2.33. The average molecular weight is 639 g/mol. The lowest BCUT2D eigenvalue weighted by Gasteiger charge is -2.30. The molecule has 43 heavy (non-hydrogen) atoms. The van der Waals surface area contributed by atoms with Gasteiger partial charge in [0, 0.05) is 48.2 Å². The number of aromatic nitrogens is 1. The van der Waals surface area contributed by atoms with Gasteiger partial charge in [0.2, 0.25) is 10.0 Å². The summed E-state index contributed by atoms with van der Waals surface area (Å²) in [5, 5.41) is 4.80. The van der Waals surface area contributed by atoms with Crippen molar-refractivity contribution in [3.05, 3.63) is 64.5 Å². The van der Waals surface area contributed by atoms with Crippen molar-refractivity contribution in [3.63, 3.8) is 0 Å². The van der Waals surface area contributed by atoms with Crippen LogP contribution in [0.3, 0.4) is 0 Å². The summed E-state index contributed by atoms with van der Waals surface area (Å²) in [6.07, 6.45) is 1.72. The molecule has 2 aromatic heterocycles. The molecule has 0 atom stereocenters. The van der Waals surface area contributed by atoms with E-state index in [0.717, 1.165) is 45.3 Å². The third-order valence-electron chi connectivity index (χ3n) is 8.29. The molecule has 2 aromatic carbocycles. The molecule has 1 saturated heterocycles. The van der Waals surface area contributed by atoms with Crippen molar-refractivity contribution in [2.24, 2.45) is 5.92 Å². The highest BCUT2D eigenvalue weighted by Crippen LogP contribution is 2.46. The van der Waals surface area contributed by atoms with E-state index in [0.29, 0.717) is 24.4 Å². The predicted molar refractivity (Wildman–Crippen MR) is 170 cm³/mol. The number of rotatable bonds is 7. The van der Waals surface area contributed by atoms with Crippen LogP contribution in [0.25, 0.3) is 20.8 Å². The number of thiazole rings is 1. The quantitative estimate of drug-likeness (QED) is 0.262. The molecule has 226 valence electrons. The molecule has 0 saturated carbocycles. The van der Waals surface area contributed by atoms with Crippen molar-refractivity contribution in [2.45, 2.75) is 50.6 Å². The number of fused-ring (bicyclic) bond motifs is 2. The van der Waals surface area contributed by atoms with E-state index < -0.39 is 10.0 Å². The molecular formula is C31H34N4O5S3. The lowest BCUT2D eigenvalue weighted by molar-refractivity contribution is -0.146. The molecule has 9 nitrogen and oxygen atoms in total. The Morgan fingerprint density at radius 2 is 1.74 bits per heavy atom. The van der Waals surface area contributed by atoms with Gasteiger partial charge in [-0.15, -0.1) is 22.7 Å². The Labute approximate surface area is 259 Å². The Bertz CT molecular complexity index is 1740. The summed E-state index contributed by atoms with van der Waals surface area (Å²) in [6.45, 7) is 6.66. The van der Waals surface area contributed by atoms with Crippen molar-refractivity contribution in [3.8, 4) is 10.6 Å². The molecule has 6 rings (SSSR count). The molecule has 2 aliphatic heterocycles. The number of hydrogen-bond acceptors (Lipinski definition) is 9. The van der Waals surface area contributed by atoms with Crippen LogP contribution in [0.5, 0.6) is 0 Å². The van der Waals surface area contributed by atoms with E-state index in [1.54, 1.807) is 34.8 Å². The summed E-state index contributed by atoms with van der Waals surface area (Å²) < 4.78 is 33.8. The fraction of sp³-hybridized carbons (Fsp3) is 0.387. The van der Waals surface area contributed by atoms with Gasteiger partial charge in [-0.1, -0.05) is 12.1 Å². The first-order valence-corrected chi connectivity index (χ1v) is 17.5. The molecule has 0 radical (unpaired) electrons. The van der Waals surface area contributed by atoms with Crippen LogP contribution in [0, 0.1) is 5.92 Å². The molecule has 2 aliphatic rings. The van der Waals surface area contributed by atoms with Gasteiger partial charge >= 0.3 is 5.97 Å². The van der Waals surface area contributed by atoms with Crippen LogP contribution in [0.4, 0.5) is 5.00 Å². The number of anilines is 1. The fourth-order valence-corrected chi connectivity index (χ4v) is 9.61. The Balaban J connectivity index is 1.24. The number of carbonyl (C=O) groups excluding carboxylic acids is 2. The van der Waals surface area contributed by atoms with Crippen LogP contribution in [0.15, 0.2) is 53.4 Å². The molecule has 4 heterocycles. The topological polar surface area (TPSA) is 109 Å². The standard InChI is InChI=1S/C31H34N4O5S3/c1-19(2)34-15-14-23-26(18-34)42-30(27(23)29-32-24-6-4-5-7-25(24)41-29)33-28(36)20-8-10-22(11-9-20)43(38,39)35-16-12-21(13-17-35)31(37)40-3/h4-11,19,21H,12-18H2,1-3H3,(H,33,36). The third kappa shape index (κ3) is 5.86. The summed E-state index contributed by atoms with van der Waals surface area (Å²) in [7, 11) is -2.40. The van der Waals surface area contributed by atoms with Crippen molar-refractivity contribution >= 4 is 59.8 Å². The highest BCUT2D eigenvalue weighted by atomic mass is 32.2. The Hall–Kier alpha value is -3.16. The summed E-state index contributed by atoms with van der Waals surface area (Å²) >= 11 is 3.23. The zero-order chi connectivity index (χ0) is 30.3. The normalized spacial score (nSPS) is 16.8. The number of ether oxygens (including phenoxy) is 1. The maximum atomic E-state index is 13.5. The summed E-state index contributed by atoms with van der Waals surface area (Å²) in [4.78, 5) is 34.1. The van der Waals surface area contributed by atoms with Crippen LogP contribution in [0.1, 0.15) is 47.5 Å². The maximum absolute atomic E-state index is 13.5. The van der Waals surface area contributed by atoms with Crippen molar-refractivity contribution in [1.29, 1.82) is 0 Å². The molecule has 0 unspecified atom stereocenters. The van der Waals surface area contributed by atoms with Gasteiger partial charge in [-0.3, -0.25) is 14.5 Å². The van der Waals surface area contributed by atoms with E-state index in [4.69, 9.17) is 9.72 Å². The molecule has 12 heteroatoms. The largest absolute Gasteiger partial charge is 0.469 e. The Morgan fingerprint density at radius 1 is 1.02 bits per heavy atom. The summed E-state index contributed by atoms with van der Waals surface area (Å²) in [6, 6.07) is 14.5. The van der Waals surface area contributed by atoms with E-state index in [2.05, 4.69) is 30.1 Å². The van der Waals surface area contributed by atoms with E-state index in [1.807, 2.05) is 18.2 Å². The molecule has 1 fully saturated rings. The molecule has 1 N–H and O–H groups in total. The zero-order valence-electron chi connectivity index (χ0n) is 24.3. The van der Waals surface area contributed by atoms with Gasteiger partial charge in [-0.25, -0.2) is 13.4 Å². The Kier molecular flexibility index (Phi) is 8.40. The second-order valence-electron chi connectivity index (χ2n) is 11.2. The number of carbonyl (C=O) groups is 2. The van der Waals surface area contributed by atoms with Crippen LogP contribution >= 0.6 is 22.7 Å². The molecule has 0 aliphatic carbocycles. The number of hydrogen-bond donors (Lipinski definition) is 1. The number of sulfonamides is 1. The minimum atomic E-state index is -3.75. The maximum Gasteiger partial charge on any atom is 0.308 e. The van der Waals surface area contributed by atoms with E-state index in [9.17, 15) is 18.0 Å². The summed E-state index contributed by atoms with van der Waals surface area (Å²) in [5.74, 6) is -0.890. The third-order valence-corrected chi connectivity index (χ3v) is 12.4. The lowest BCUT2D eigenvalue weighted by atomic mass is 9.99. The smallest absolute Gasteiger partial charge is 0.308 e. The number of benzene rings is 2. The SMILES string of the molecule is COC(=O)C1CCN(S(=O)(=O)c2ccc(C(=O)Nc3sc4c(c3-c3nc5ccccc5s3)CCN(C(C)C)C4)cc2)CC1. The number of nitrogens with one attached hydrogen (secondary N) is 1. The lowest BCUT2D eigenvalue weighted by Crippen LogP contribution is -2.40. The number of piperidine rings is 1. The predicted octanol–water partition coefficient (Wildman–Crippen LogP) is 5.62. The van der Waals surface area contributed by atoms with Gasteiger partial charge in [0.15, 0.2) is 0 Å². The van der Waals surface area contributed by atoms with E-state index in [-0.39, 0.29) is 35.8 Å². The fourth-order valence-electron chi connectivity index (χ4n) is 5.76. The van der Waals surface area contributed by atoms with Crippen LogP contribution in [-0.2, 0) is 32.5 Å². The van der Waals surface area contributed by atoms with Crippen molar-refractivity contribution in [1.82, 2.24) is 14.2 Å². The number of nitrogens with zero attached hydrogens (tertiary/aromatic N) is 3. The first kappa shape index (κ1) is 29.9. The molecular weight excluding hydrogens is 605 g/mol. The highest BCUT2D eigenvalue weighted by molar-refractivity contribution is 7.89. The molecule has 0 bridgehead atoms. The van der Waals surface area contributed by atoms with Gasteiger partial charge < -0.3 is 10.1 Å². The monoisotopic (exact) mass is 638 g/mol. The zero-order valence-corrected chi connectivity index (χ0v) is 26.8. The van der Waals surface area contributed by atoms with Crippen molar-refractivity contribution in [2.75, 3.05) is 32.1 Å². The molecule has 0 spiro atoms. The van der Waals surface area contributed by atoms with Crippen LogP contribution in [-0.4, -0.2) is 67.3 Å².